The highest BCUT2D eigenvalue weighted by atomic mass is 32.2. The van der Waals surface area contributed by atoms with Crippen molar-refractivity contribution in [1.82, 2.24) is 0 Å². The number of nitrogens with one attached hydrogen (secondary N) is 2. The number of anilines is 2. The van der Waals surface area contributed by atoms with Gasteiger partial charge in [-0.15, -0.1) is 0 Å². The summed E-state index contributed by atoms with van der Waals surface area (Å²) in [6, 6.07) is 10.9. The van der Waals surface area contributed by atoms with Gasteiger partial charge in [-0.05, 0) is 48.7 Å². The van der Waals surface area contributed by atoms with Crippen molar-refractivity contribution in [2.24, 2.45) is 0 Å². The summed E-state index contributed by atoms with van der Waals surface area (Å²) < 4.78 is 32.3. The SMILES string of the molecule is CCc1ccc(Oc2cc3c(cc2NS(=O)(=O)CC)NC(=O)C3)cc1. The Morgan fingerprint density at radius 3 is 2.52 bits per heavy atom. The van der Waals surface area contributed by atoms with E-state index in [0.717, 1.165) is 12.0 Å². The highest BCUT2D eigenvalue weighted by Gasteiger charge is 2.22. The van der Waals surface area contributed by atoms with Crippen molar-refractivity contribution in [3.05, 3.63) is 47.5 Å². The molecule has 2 aromatic rings. The molecule has 0 radical (unpaired) electrons. The standard InChI is InChI=1S/C18H20N2O4S/c1-3-12-5-7-14(8-6-12)24-17-9-13-10-18(21)19-15(13)11-16(17)20-25(22,23)4-2/h5-9,11,20H,3-4,10H2,1-2H3,(H,19,21). The molecule has 1 amide bonds. The summed E-state index contributed by atoms with van der Waals surface area (Å²) >= 11 is 0. The minimum Gasteiger partial charge on any atom is -0.455 e. The lowest BCUT2D eigenvalue weighted by Gasteiger charge is -2.15. The Labute approximate surface area is 147 Å². The zero-order chi connectivity index (χ0) is 18.0. The Balaban J connectivity index is 1.97. The molecule has 1 heterocycles. The smallest absolute Gasteiger partial charge is 0.232 e. The molecule has 25 heavy (non-hydrogen) atoms. The quantitative estimate of drug-likeness (QED) is 0.828. The van der Waals surface area contributed by atoms with E-state index in [1.165, 1.54) is 5.56 Å². The van der Waals surface area contributed by atoms with Gasteiger partial charge >= 0.3 is 0 Å². The number of hydrogen-bond acceptors (Lipinski definition) is 4. The topological polar surface area (TPSA) is 84.5 Å². The van der Waals surface area contributed by atoms with Crippen LogP contribution in [0.1, 0.15) is 25.0 Å². The second-order valence-corrected chi connectivity index (χ2v) is 7.85. The fraction of sp³-hybridized carbons (Fsp3) is 0.278. The summed E-state index contributed by atoms with van der Waals surface area (Å²) in [6.07, 6.45) is 1.18. The molecule has 0 spiro atoms. The van der Waals surface area contributed by atoms with E-state index in [1.807, 2.05) is 24.3 Å². The van der Waals surface area contributed by atoms with Crippen LogP contribution in [0.4, 0.5) is 11.4 Å². The summed E-state index contributed by atoms with van der Waals surface area (Å²) in [5.74, 6) is 0.799. The molecule has 0 fully saturated rings. The number of carbonyl (C=O) groups excluding carboxylic acids is 1. The zero-order valence-electron chi connectivity index (χ0n) is 14.1. The van der Waals surface area contributed by atoms with Gasteiger partial charge in [-0.1, -0.05) is 19.1 Å². The Morgan fingerprint density at radius 2 is 1.88 bits per heavy atom. The number of hydrogen-bond donors (Lipinski definition) is 2. The number of ether oxygens (including phenoxy) is 1. The normalized spacial score (nSPS) is 13.3. The Bertz CT molecular complexity index is 905. The number of aryl methyl sites for hydroxylation is 1. The first-order chi connectivity index (χ1) is 11.9. The average Bonchev–Trinajstić information content (AvgIpc) is 2.94. The zero-order valence-corrected chi connectivity index (χ0v) is 14.9. The van der Waals surface area contributed by atoms with Crippen LogP contribution in [0.5, 0.6) is 11.5 Å². The lowest BCUT2D eigenvalue weighted by atomic mass is 10.1. The molecule has 6 nitrogen and oxygen atoms in total. The van der Waals surface area contributed by atoms with Gasteiger partial charge in [0, 0.05) is 5.69 Å². The molecule has 0 bridgehead atoms. The number of fused-ring (bicyclic) bond motifs is 1. The van der Waals surface area contributed by atoms with Gasteiger partial charge in [0.1, 0.15) is 5.75 Å². The van der Waals surface area contributed by atoms with E-state index in [4.69, 9.17) is 4.74 Å². The predicted molar refractivity (Wildman–Crippen MR) is 97.8 cm³/mol. The van der Waals surface area contributed by atoms with E-state index >= 15 is 0 Å². The van der Waals surface area contributed by atoms with E-state index in [1.54, 1.807) is 19.1 Å². The molecule has 3 rings (SSSR count). The van der Waals surface area contributed by atoms with Crippen molar-refractivity contribution < 1.29 is 17.9 Å². The van der Waals surface area contributed by atoms with Gasteiger partial charge in [0.05, 0.1) is 17.9 Å². The predicted octanol–water partition coefficient (Wildman–Crippen LogP) is 3.30. The Kier molecular flexibility index (Phi) is 4.67. The van der Waals surface area contributed by atoms with Crippen molar-refractivity contribution in [3.8, 4) is 11.5 Å². The van der Waals surface area contributed by atoms with Crippen LogP contribution in [0.15, 0.2) is 36.4 Å². The third-order valence-corrected chi connectivity index (χ3v) is 5.33. The molecule has 132 valence electrons. The van der Waals surface area contributed by atoms with Crippen LogP contribution in [0.25, 0.3) is 0 Å². The first-order valence-electron chi connectivity index (χ1n) is 8.14. The van der Waals surface area contributed by atoms with Crippen LogP contribution >= 0.6 is 0 Å². The highest BCUT2D eigenvalue weighted by molar-refractivity contribution is 7.92. The third kappa shape index (κ3) is 3.93. The maximum Gasteiger partial charge on any atom is 0.232 e. The summed E-state index contributed by atoms with van der Waals surface area (Å²) in [7, 11) is -3.47. The molecule has 0 unspecified atom stereocenters. The number of carbonyl (C=O) groups is 1. The summed E-state index contributed by atoms with van der Waals surface area (Å²) in [5.41, 5.74) is 2.88. The van der Waals surface area contributed by atoms with Crippen LogP contribution in [-0.2, 0) is 27.7 Å². The van der Waals surface area contributed by atoms with Gasteiger partial charge in [0.2, 0.25) is 15.9 Å². The second kappa shape index (κ2) is 6.76. The second-order valence-electron chi connectivity index (χ2n) is 5.84. The average molecular weight is 360 g/mol. The lowest BCUT2D eigenvalue weighted by Crippen LogP contribution is -2.15. The van der Waals surface area contributed by atoms with Gasteiger partial charge < -0.3 is 10.1 Å². The number of sulfonamides is 1. The van der Waals surface area contributed by atoms with Crippen molar-refractivity contribution in [2.75, 3.05) is 15.8 Å². The van der Waals surface area contributed by atoms with Gasteiger partial charge in [0.15, 0.2) is 5.75 Å². The first kappa shape index (κ1) is 17.3. The molecule has 0 aromatic heterocycles. The van der Waals surface area contributed by atoms with E-state index in [9.17, 15) is 13.2 Å². The Hall–Kier alpha value is -2.54. The molecule has 0 saturated carbocycles. The lowest BCUT2D eigenvalue weighted by molar-refractivity contribution is -0.115. The number of rotatable bonds is 6. The van der Waals surface area contributed by atoms with Crippen LogP contribution < -0.4 is 14.8 Å². The van der Waals surface area contributed by atoms with Gasteiger partial charge in [-0.2, -0.15) is 0 Å². The van der Waals surface area contributed by atoms with Gasteiger partial charge in [-0.3, -0.25) is 9.52 Å². The van der Waals surface area contributed by atoms with Crippen molar-refractivity contribution >= 4 is 27.3 Å². The van der Waals surface area contributed by atoms with E-state index in [-0.39, 0.29) is 18.1 Å². The monoisotopic (exact) mass is 360 g/mol. The van der Waals surface area contributed by atoms with Crippen molar-refractivity contribution in [1.29, 1.82) is 0 Å². The molecule has 7 heteroatoms. The van der Waals surface area contributed by atoms with E-state index < -0.39 is 10.0 Å². The fourth-order valence-electron chi connectivity index (χ4n) is 2.58. The maximum atomic E-state index is 12.0. The van der Waals surface area contributed by atoms with Crippen LogP contribution in [0.3, 0.4) is 0 Å². The third-order valence-electron chi connectivity index (χ3n) is 4.04. The molecular formula is C18H20N2O4S. The van der Waals surface area contributed by atoms with E-state index in [2.05, 4.69) is 17.0 Å². The molecule has 1 aliphatic rings. The van der Waals surface area contributed by atoms with Crippen molar-refractivity contribution in [3.63, 3.8) is 0 Å². The molecule has 2 aromatic carbocycles. The largest absolute Gasteiger partial charge is 0.455 e. The molecule has 0 aliphatic carbocycles. The minimum absolute atomic E-state index is 0.0545. The van der Waals surface area contributed by atoms with Crippen LogP contribution in [0.2, 0.25) is 0 Å². The van der Waals surface area contributed by atoms with Crippen molar-refractivity contribution in [2.45, 2.75) is 26.7 Å². The molecule has 0 atom stereocenters. The van der Waals surface area contributed by atoms with Crippen LogP contribution in [0, 0.1) is 0 Å². The highest BCUT2D eigenvalue weighted by Crippen LogP contribution is 2.37. The van der Waals surface area contributed by atoms with E-state index in [0.29, 0.717) is 22.9 Å². The van der Waals surface area contributed by atoms with Gasteiger partial charge in [-0.25, -0.2) is 8.42 Å². The summed E-state index contributed by atoms with van der Waals surface area (Å²) in [5, 5.41) is 2.72. The van der Waals surface area contributed by atoms with Gasteiger partial charge in [0.25, 0.3) is 0 Å². The number of benzene rings is 2. The van der Waals surface area contributed by atoms with Crippen LogP contribution in [-0.4, -0.2) is 20.1 Å². The Morgan fingerprint density at radius 1 is 1.16 bits per heavy atom. The number of amides is 1. The summed E-state index contributed by atoms with van der Waals surface area (Å²) in [6.45, 7) is 3.62. The maximum absolute atomic E-state index is 12.0. The minimum atomic E-state index is -3.47. The molecule has 2 N–H and O–H groups in total. The molecule has 0 saturated heterocycles. The first-order valence-corrected chi connectivity index (χ1v) is 9.79. The summed E-state index contributed by atoms with van der Waals surface area (Å²) in [4.78, 5) is 11.6. The molecule has 1 aliphatic heterocycles. The molecular weight excluding hydrogens is 340 g/mol. The fourth-order valence-corrected chi connectivity index (χ4v) is 3.21.